The summed E-state index contributed by atoms with van der Waals surface area (Å²) >= 11 is 1.76. The van der Waals surface area contributed by atoms with Crippen molar-refractivity contribution in [1.29, 1.82) is 0 Å². The van der Waals surface area contributed by atoms with Crippen LogP contribution < -0.4 is 0 Å². The van der Waals surface area contributed by atoms with Crippen LogP contribution in [0, 0.1) is 5.92 Å². The van der Waals surface area contributed by atoms with Crippen LogP contribution in [0.2, 0.25) is 0 Å². The summed E-state index contributed by atoms with van der Waals surface area (Å²) in [5.41, 5.74) is 1.06. The lowest BCUT2D eigenvalue weighted by Crippen LogP contribution is -2.47. The maximum Gasteiger partial charge on any atom is 0.309 e. The molecule has 3 heterocycles. The van der Waals surface area contributed by atoms with Crippen molar-refractivity contribution >= 4 is 33.4 Å². The Balaban J connectivity index is 1.30. The minimum absolute atomic E-state index is 0.0142. The van der Waals surface area contributed by atoms with Crippen molar-refractivity contribution in [3.63, 3.8) is 0 Å². The largest absolute Gasteiger partial charge is 0.466 e. The predicted molar refractivity (Wildman–Crippen MR) is 114 cm³/mol. The molecule has 0 saturated carbocycles. The molecule has 29 heavy (non-hydrogen) atoms. The topological polar surface area (TPSA) is 62.7 Å². The molecule has 0 aliphatic carbocycles. The van der Waals surface area contributed by atoms with E-state index in [1.54, 1.807) is 11.3 Å². The van der Waals surface area contributed by atoms with Crippen LogP contribution in [0.5, 0.6) is 0 Å². The number of carbonyl (C=O) groups is 2. The van der Waals surface area contributed by atoms with Gasteiger partial charge in [0.2, 0.25) is 5.91 Å². The molecule has 1 aromatic carbocycles. The van der Waals surface area contributed by atoms with Gasteiger partial charge in [-0.1, -0.05) is 12.1 Å². The van der Waals surface area contributed by atoms with Gasteiger partial charge in [-0.15, -0.1) is 11.3 Å². The Morgan fingerprint density at radius 2 is 1.97 bits per heavy atom. The summed E-state index contributed by atoms with van der Waals surface area (Å²) in [5.74, 6) is 0.429. The molecular formula is C22H29N3O3S. The smallest absolute Gasteiger partial charge is 0.309 e. The second-order valence-corrected chi connectivity index (χ2v) is 9.06. The standard InChI is InChI=1S/C22H29N3O3S/c1-2-28-22(27)16-9-12-24(13-10-16)15-20(26)25-11-5-6-17(14-25)21-23-18-7-3-4-8-19(18)29-21/h3-4,7-8,16-17H,2,5-6,9-15H2,1H3/t17-/m0/s1. The molecule has 0 N–H and O–H groups in total. The van der Waals surface area contributed by atoms with Crippen LogP contribution in [0.25, 0.3) is 10.2 Å². The van der Waals surface area contributed by atoms with Gasteiger partial charge in [0.15, 0.2) is 0 Å². The van der Waals surface area contributed by atoms with Crippen molar-refractivity contribution in [2.24, 2.45) is 5.92 Å². The third-order valence-corrected chi connectivity index (χ3v) is 7.20. The summed E-state index contributed by atoms with van der Waals surface area (Å²) < 4.78 is 6.35. The number of hydrogen-bond acceptors (Lipinski definition) is 6. The zero-order chi connectivity index (χ0) is 20.2. The predicted octanol–water partition coefficient (Wildman–Crippen LogP) is 3.28. The highest BCUT2D eigenvalue weighted by Gasteiger charge is 2.30. The third-order valence-electron chi connectivity index (χ3n) is 6.00. The van der Waals surface area contributed by atoms with Gasteiger partial charge in [-0.05, 0) is 57.8 Å². The minimum Gasteiger partial charge on any atom is -0.466 e. The minimum atomic E-state index is -0.0896. The Bertz CT molecular complexity index is 827. The number of ether oxygens (including phenoxy) is 1. The number of fused-ring (bicyclic) bond motifs is 1. The molecular weight excluding hydrogens is 386 g/mol. The van der Waals surface area contributed by atoms with E-state index >= 15 is 0 Å². The molecule has 1 atom stereocenters. The van der Waals surface area contributed by atoms with Gasteiger partial charge < -0.3 is 9.64 Å². The van der Waals surface area contributed by atoms with Crippen molar-refractivity contribution in [2.75, 3.05) is 39.3 Å². The Kier molecular flexibility index (Phi) is 6.45. The van der Waals surface area contributed by atoms with E-state index in [0.29, 0.717) is 19.1 Å². The fourth-order valence-corrected chi connectivity index (χ4v) is 5.44. The SMILES string of the molecule is CCOC(=O)C1CCN(CC(=O)N2CCC[C@H](c3nc4ccccc4s3)C2)CC1. The Morgan fingerprint density at radius 3 is 2.72 bits per heavy atom. The first-order chi connectivity index (χ1) is 14.1. The Labute approximate surface area is 175 Å². The molecule has 0 radical (unpaired) electrons. The molecule has 2 saturated heterocycles. The normalized spacial score (nSPS) is 21.4. The molecule has 156 valence electrons. The van der Waals surface area contributed by atoms with Crippen molar-refractivity contribution < 1.29 is 14.3 Å². The summed E-state index contributed by atoms with van der Waals surface area (Å²) in [7, 11) is 0. The maximum absolute atomic E-state index is 12.9. The van der Waals surface area contributed by atoms with E-state index in [4.69, 9.17) is 9.72 Å². The lowest BCUT2D eigenvalue weighted by atomic mass is 9.96. The number of nitrogens with zero attached hydrogens (tertiary/aromatic N) is 3. The number of piperidine rings is 2. The summed E-state index contributed by atoms with van der Waals surface area (Å²) in [6, 6.07) is 8.24. The van der Waals surface area contributed by atoms with Gasteiger partial charge >= 0.3 is 5.97 Å². The second kappa shape index (κ2) is 9.22. The van der Waals surface area contributed by atoms with Crippen molar-refractivity contribution in [3.8, 4) is 0 Å². The van der Waals surface area contributed by atoms with Crippen LogP contribution in [-0.4, -0.2) is 66.0 Å². The van der Waals surface area contributed by atoms with Crippen LogP contribution >= 0.6 is 11.3 Å². The van der Waals surface area contributed by atoms with Crippen molar-refractivity contribution in [1.82, 2.24) is 14.8 Å². The zero-order valence-electron chi connectivity index (χ0n) is 17.0. The number of para-hydroxylation sites is 1. The van der Waals surface area contributed by atoms with Gasteiger partial charge in [-0.3, -0.25) is 14.5 Å². The molecule has 2 fully saturated rings. The average molecular weight is 416 g/mol. The molecule has 2 aliphatic heterocycles. The molecule has 2 aliphatic rings. The fraction of sp³-hybridized carbons (Fsp3) is 0.591. The second-order valence-electron chi connectivity index (χ2n) is 8.00. The van der Waals surface area contributed by atoms with E-state index in [1.807, 2.05) is 24.0 Å². The number of likely N-dealkylation sites (tertiary alicyclic amines) is 2. The molecule has 1 amide bonds. The molecule has 1 aromatic heterocycles. The lowest BCUT2D eigenvalue weighted by Gasteiger charge is -2.35. The first kappa shape index (κ1) is 20.3. The number of hydrogen-bond donors (Lipinski definition) is 0. The molecule has 7 heteroatoms. The van der Waals surface area contributed by atoms with Gasteiger partial charge in [-0.2, -0.15) is 0 Å². The monoisotopic (exact) mass is 415 g/mol. The van der Waals surface area contributed by atoms with Crippen LogP contribution in [-0.2, 0) is 14.3 Å². The van der Waals surface area contributed by atoms with Crippen molar-refractivity contribution in [2.45, 2.75) is 38.5 Å². The summed E-state index contributed by atoms with van der Waals surface area (Å²) in [5, 5.41) is 1.15. The van der Waals surface area contributed by atoms with E-state index in [0.717, 1.165) is 62.4 Å². The molecule has 2 aromatic rings. The summed E-state index contributed by atoms with van der Waals surface area (Å²) in [6.45, 7) is 5.88. The van der Waals surface area contributed by atoms with E-state index in [9.17, 15) is 9.59 Å². The Hall–Kier alpha value is -1.99. The number of thiazole rings is 1. The number of carbonyl (C=O) groups excluding carboxylic acids is 2. The van der Waals surface area contributed by atoms with Gasteiger partial charge in [0, 0.05) is 19.0 Å². The first-order valence-corrected chi connectivity index (χ1v) is 11.5. The van der Waals surface area contributed by atoms with Gasteiger partial charge in [0.25, 0.3) is 0 Å². The van der Waals surface area contributed by atoms with E-state index in [-0.39, 0.29) is 17.8 Å². The van der Waals surface area contributed by atoms with Gasteiger partial charge in [-0.25, -0.2) is 4.98 Å². The molecule has 4 rings (SSSR count). The van der Waals surface area contributed by atoms with E-state index in [2.05, 4.69) is 17.0 Å². The molecule has 0 spiro atoms. The van der Waals surface area contributed by atoms with E-state index in [1.165, 1.54) is 4.70 Å². The molecule has 0 bridgehead atoms. The quantitative estimate of drug-likeness (QED) is 0.702. The highest BCUT2D eigenvalue weighted by Crippen LogP contribution is 2.33. The van der Waals surface area contributed by atoms with Crippen molar-refractivity contribution in [3.05, 3.63) is 29.3 Å². The van der Waals surface area contributed by atoms with Crippen LogP contribution in [0.4, 0.5) is 0 Å². The van der Waals surface area contributed by atoms with Crippen LogP contribution in [0.15, 0.2) is 24.3 Å². The number of benzene rings is 1. The molecule has 0 unspecified atom stereocenters. The highest BCUT2D eigenvalue weighted by atomic mass is 32.1. The zero-order valence-corrected chi connectivity index (χ0v) is 17.8. The van der Waals surface area contributed by atoms with Gasteiger partial charge in [0.05, 0.1) is 34.3 Å². The van der Waals surface area contributed by atoms with Crippen LogP contribution in [0.1, 0.15) is 43.5 Å². The highest BCUT2D eigenvalue weighted by molar-refractivity contribution is 7.18. The molecule has 6 nitrogen and oxygen atoms in total. The first-order valence-electron chi connectivity index (χ1n) is 10.7. The lowest BCUT2D eigenvalue weighted by molar-refractivity contribution is -0.149. The number of esters is 1. The third kappa shape index (κ3) is 4.78. The number of aromatic nitrogens is 1. The van der Waals surface area contributed by atoms with Crippen LogP contribution in [0.3, 0.4) is 0 Å². The summed E-state index contributed by atoms with van der Waals surface area (Å²) in [4.78, 5) is 33.8. The fourth-order valence-electron chi connectivity index (χ4n) is 4.35. The average Bonchev–Trinajstić information content (AvgIpc) is 3.19. The maximum atomic E-state index is 12.9. The van der Waals surface area contributed by atoms with Gasteiger partial charge in [0.1, 0.15) is 0 Å². The summed E-state index contributed by atoms with van der Waals surface area (Å²) in [6.07, 6.45) is 3.67. The Morgan fingerprint density at radius 1 is 1.17 bits per heavy atom. The number of amides is 1. The van der Waals surface area contributed by atoms with E-state index < -0.39 is 0 Å². The number of rotatable bonds is 5.